The Bertz CT molecular complexity index is 1270. The maximum Gasteiger partial charge on any atom is 0.174 e. The van der Waals surface area contributed by atoms with Crippen LogP contribution in [0.2, 0.25) is 0 Å². The quantitative estimate of drug-likeness (QED) is 0.405. The fraction of sp³-hybridized carbons (Fsp3) is 0.154. The molecule has 0 bridgehead atoms. The fourth-order valence-electron chi connectivity index (χ4n) is 4.43. The summed E-state index contributed by atoms with van der Waals surface area (Å²) in [6, 6.07) is 25.2. The van der Waals surface area contributed by atoms with E-state index < -0.39 is 0 Å². The summed E-state index contributed by atoms with van der Waals surface area (Å²) in [5.74, 6) is -0.229. The topological polar surface area (TPSA) is 33.1 Å². The molecule has 0 amide bonds. The van der Waals surface area contributed by atoms with Crippen LogP contribution in [0.3, 0.4) is 0 Å². The maximum atomic E-state index is 14.1. The molecule has 2 aromatic heterocycles. The Labute approximate surface area is 192 Å². The van der Waals surface area contributed by atoms with Crippen LogP contribution in [0.25, 0.3) is 5.69 Å². The van der Waals surface area contributed by atoms with Gasteiger partial charge >= 0.3 is 0 Å². The molecule has 4 nitrogen and oxygen atoms in total. The molecule has 0 aliphatic carbocycles. The average Bonchev–Trinajstić information content (AvgIpc) is 3.36. The number of hydrogen-bond acceptors (Lipinski definition) is 2. The van der Waals surface area contributed by atoms with E-state index in [0.717, 1.165) is 28.5 Å². The number of thiocarbonyl (C=S) groups is 1. The van der Waals surface area contributed by atoms with Gasteiger partial charge in [-0.3, -0.25) is 4.98 Å². The molecule has 0 unspecified atom stereocenters. The largest absolute Gasteiger partial charge is 0.351 e. The van der Waals surface area contributed by atoms with E-state index in [1.54, 1.807) is 19.2 Å². The van der Waals surface area contributed by atoms with E-state index in [1.807, 2.05) is 42.5 Å². The number of aryl methyl sites for hydroxylation is 2. The summed E-state index contributed by atoms with van der Waals surface area (Å²) in [6.07, 6.45) is 1.79. The lowest BCUT2D eigenvalue weighted by atomic mass is 10.0. The molecule has 1 aliphatic rings. The Hall–Kier alpha value is -3.51. The van der Waals surface area contributed by atoms with Gasteiger partial charge in [0.25, 0.3) is 0 Å². The van der Waals surface area contributed by atoms with Crippen LogP contribution in [-0.2, 0) is 0 Å². The standard InChI is InChI=1S/C26H23FN4S/c1-17-16-20(12-13-21(17)27)31-25(24(29-26(31)32)22-10-6-7-15-28-22)23-14-11-18(2)30(23)19-8-4-3-5-9-19/h3-16,24-25H,1-2H3,(H,29,32)/t24-,25-/m1/s1. The number of benzene rings is 2. The van der Waals surface area contributed by atoms with Crippen LogP contribution in [0, 0.1) is 19.7 Å². The number of halogens is 1. The van der Waals surface area contributed by atoms with Crippen LogP contribution in [0.5, 0.6) is 0 Å². The van der Waals surface area contributed by atoms with Crippen LogP contribution in [-0.4, -0.2) is 14.7 Å². The molecule has 2 aromatic carbocycles. The van der Waals surface area contributed by atoms with Crippen LogP contribution >= 0.6 is 12.2 Å². The average molecular weight is 443 g/mol. The van der Waals surface area contributed by atoms with Crippen molar-refractivity contribution < 1.29 is 4.39 Å². The van der Waals surface area contributed by atoms with E-state index in [4.69, 9.17) is 12.2 Å². The van der Waals surface area contributed by atoms with Gasteiger partial charge in [-0.2, -0.15) is 0 Å². The van der Waals surface area contributed by atoms with Gasteiger partial charge in [-0.15, -0.1) is 0 Å². The summed E-state index contributed by atoms with van der Waals surface area (Å²) in [7, 11) is 0. The molecular formula is C26H23FN4S. The molecule has 3 heterocycles. The number of nitrogens with zero attached hydrogens (tertiary/aromatic N) is 3. The van der Waals surface area contributed by atoms with Gasteiger partial charge in [-0.1, -0.05) is 24.3 Å². The Morgan fingerprint density at radius 2 is 1.69 bits per heavy atom. The second kappa shape index (κ2) is 8.20. The normalized spacial score (nSPS) is 18.1. The Morgan fingerprint density at radius 1 is 0.906 bits per heavy atom. The smallest absolute Gasteiger partial charge is 0.174 e. The number of anilines is 1. The summed E-state index contributed by atoms with van der Waals surface area (Å²) >= 11 is 5.80. The fourth-order valence-corrected chi connectivity index (χ4v) is 4.78. The minimum atomic E-state index is -0.229. The third kappa shape index (κ3) is 3.46. The Balaban J connectivity index is 1.71. The van der Waals surface area contributed by atoms with Crippen LogP contribution < -0.4 is 10.2 Å². The number of aromatic nitrogens is 2. The number of hydrogen-bond donors (Lipinski definition) is 1. The monoisotopic (exact) mass is 442 g/mol. The van der Waals surface area contributed by atoms with Crippen LogP contribution in [0.4, 0.5) is 10.1 Å². The van der Waals surface area contributed by atoms with Gasteiger partial charge in [0.05, 0.1) is 11.7 Å². The molecule has 1 fully saturated rings. The summed E-state index contributed by atoms with van der Waals surface area (Å²) in [4.78, 5) is 6.70. The molecule has 32 heavy (non-hydrogen) atoms. The van der Waals surface area contributed by atoms with Crippen LogP contribution in [0.15, 0.2) is 85.1 Å². The zero-order chi connectivity index (χ0) is 22.2. The van der Waals surface area contributed by atoms with Gasteiger partial charge in [0, 0.05) is 29.0 Å². The number of nitrogens with one attached hydrogen (secondary N) is 1. The lowest BCUT2D eigenvalue weighted by molar-refractivity contribution is 0.547. The molecule has 0 saturated carbocycles. The first-order valence-electron chi connectivity index (χ1n) is 10.5. The van der Waals surface area contributed by atoms with E-state index in [-0.39, 0.29) is 17.9 Å². The molecule has 6 heteroatoms. The summed E-state index contributed by atoms with van der Waals surface area (Å²) < 4.78 is 16.3. The number of para-hydroxylation sites is 1. The third-order valence-electron chi connectivity index (χ3n) is 5.94. The third-order valence-corrected chi connectivity index (χ3v) is 6.26. The first kappa shape index (κ1) is 20.4. The number of rotatable bonds is 4. The minimum Gasteiger partial charge on any atom is -0.351 e. The number of pyridine rings is 1. The van der Waals surface area contributed by atoms with Crippen molar-refractivity contribution in [2.45, 2.75) is 25.9 Å². The van der Waals surface area contributed by atoms with Gasteiger partial charge < -0.3 is 14.8 Å². The molecule has 2 atom stereocenters. The van der Waals surface area contributed by atoms with E-state index >= 15 is 0 Å². The first-order valence-corrected chi connectivity index (χ1v) is 11.0. The predicted molar refractivity (Wildman–Crippen MR) is 130 cm³/mol. The zero-order valence-electron chi connectivity index (χ0n) is 17.9. The van der Waals surface area contributed by atoms with Gasteiger partial charge in [0.2, 0.25) is 0 Å². The van der Waals surface area contributed by atoms with Crippen LogP contribution in [0.1, 0.15) is 34.7 Å². The predicted octanol–water partition coefficient (Wildman–Crippen LogP) is 5.81. The highest BCUT2D eigenvalue weighted by atomic mass is 32.1. The molecule has 5 rings (SSSR count). The van der Waals surface area contributed by atoms with Crippen molar-refractivity contribution in [3.8, 4) is 5.69 Å². The molecule has 1 saturated heterocycles. The minimum absolute atomic E-state index is 0.161. The molecular weight excluding hydrogens is 419 g/mol. The summed E-state index contributed by atoms with van der Waals surface area (Å²) in [5, 5.41) is 4.07. The van der Waals surface area contributed by atoms with E-state index in [2.05, 4.69) is 51.0 Å². The van der Waals surface area contributed by atoms with Crippen molar-refractivity contribution in [3.05, 3.63) is 114 Å². The summed E-state index contributed by atoms with van der Waals surface area (Å²) in [5.41, 5.74) is 5.62. The first-order chi connectivity index (χ1) is 15.5. The lowest BCUT2D eigenvalue weighted by Crippen LogP contribution is -2.30. The highest BCUT2D eigenvalue weighted by molar-refractivity contribution is 7.80. The SMILES string of the molecule is Cc1cc(N2C(=S)N[C@H](c3ccccn3)[C@H]2c2ccc(C)n2-c2ccccc2)ccc1F. The molecule has 0 radical (unpaired) electrons. The van der Waals surface area contributed by atoms with Gasteiger partial charge in [-0.25, -0.2) is 4.39 Å². The van der Waals surface area contributed by atoms with E-state index in [1.165, 1.54) is 6.07 Å². The van der Waals surface area contributed by atoms with Crippen molar-refractivity contribution in [1.82, 2.24) is 14.9 Å². The van der Waals surface area contributed by atoms with Crippen molar-refractivity contribution in [2.24, 2.45) is 0 Å². The molecule has 1 N–H and O–H groups in total. The highest BCUT2D eigenvalue weighted by Gasteiger charge is 2.42. The van der Waals surface area contributed by atoms with Gasteiger partial charge in [-0.05, 0) is 86.2 Å². The molecule has 4 aromatic rings. The van der Waals surface area contributed by atoms with Gasteiger partial charge in [0.1, 0.15) is 11.9 Å². The van der Waals surface area contributed by atoms with Crippen molar-refractivity contribution in [1.29, 1.82) is 0 Å². The second-order valence-electron chi connectivity index (χ2n) is 8.00. The maximum absolute atomic E-state index is 14.1. The Morgan fingerprint density at radius 3 is 2.41 bits per heavy atom. The molecule has 1 aliphatic heterocycles. The zero-order valence-corrected chi connectivity index (χ0v) is 18.7. The van der Waals surface area contributed by atoms with Crippen molar-refractivity contribution in [3.63, 3.8) is 0 Å². The summed E-state index contributed by atoms with van der Waals surface area (Å²) in [6.45, 7) is 3.87. The van der Waals surface area contributed by atoms with E-state index in [9.17, 15) is 4.39 Å². The Kier molecular flexibility index (Phi) is 5.23. The van der Waals surface area contributed by atoms with Gasteiger partial charge in [0.15, 0.2) is 5.11 Å². The highest BCUT2D eigenvalue weighted by Crippen LogP contribution is 2.43. The molecule has 0 spiro atoms. The lowest BCUT2D eigenvalue weighted by Gasteiger charge is -2.29. The van der Waals surface area contributed by atoms with E-state index in [0.29, 0.717) is 10.7 Å². The second-order valence-corrected chi connectivity index (χ2v) is 8.39. The van der Waals surface area contributed by atoms with Crippen molar-refractivity contribution in [2.75, 3.05) is 4.90 Å². The van der Waals surface area contributed by atoms with Crippen molar-refractivity contribution >= 4 is 23.0 Å². The molecule has 160 valence electrons.